The van der Waals surface area contributed by atoms with Gasteiger partial charge < -0.3 is 10.3 Å². The van der Waals surface area contributed by atoms with Gasteiger partial charge >= 0.3 is 4.87 Å². The van der Waals surface area contributed by atoms with Crippen LogP contribution in [0.4, 0.5) is 5.69 Å². The highest BCUT2D eigenvalue weighted by molar-refractivity contribution is 9.10. The van der Waals surface area contributed by atoms with Crippen LogP contribution in [-0.2, 0) is 6.54 Å². The third kappa shape index (κ3) is 3.13. The first-order valence-corrected chi connectivity index (χ1v) is 7.34. The summed E-state index contributed by atoms with van der Waals surface area (Å²) in [5.74, 6) is 0. The topological polar surface area (TPSA) is 79.8 Å². The van der Waals surface area contributed by atoms with Crippen molar-refractivity contribution in [3.63, 3.8) is 0 Å². The highest BCUT2D eigenvalue weighted by Crippen LogP contribution is 2.17. The lowest BCUT2D eigenvalue weighted by atomic mass is 10.4. The van der Waals surface area contributed by atoms with Crippen molar-refractivity contribution in [2.24, 2.45) is 0 Å². The lowest BCUT2D eigenvalue weighted by Crippen LogP contribution is -2.26. The molecule has 0 amide bonds. The maximum atomic E-state index is 12.0. The van der Waals surface area contributed by atoms with Crippen LogP contribution in [0.25, 0.3) is 0 Å². The van der Waals surface area contributed by atoms with Gasteiger partial charge in [-0.3, -0.25) is 9.59 Å². The molecule has 8 heteroatoms. The highest BCUT2D eigenvalue weighted by Gasteiger charge is 2.10. The molecular weight excluding hydrogens is 332 g/mol. The Balaban J connectivity index is 2.20. The van der Waals surface area contributed by atoms with Crippen LogP contribution in [0.2, 0.25) is 0 Å². The SMILES string of the molecule is CC(C)n1ncc(NCc2csc(=O)[nH]2)c(Br)c1=O. The van der Waals surface area contributed by atoms with Gasteiger partial charge in [-0.2, -0.15) is 5.10 Å². The van der Waals surface area contributed by atoms with Gasteiger partial charge in [0, 0.05) is 11.1 Å². The molecule has 19 heavy (non-hydrogen) atoms. The van der Waals surface area contributed by atoms with E-state index in [1.54, 1.807) is 11.6 Å². The summed E-state index contributed by atoms with van der Waals surface area (Å²) in [5, 5.41) is 8.90. The van der Waals surface area contributed by atoms with Gasteiger partial charge in [0.05, 0.1) is 24.5 Å². The van der Waals surface area contributed by atoms with Crippen LogP contribution in [-0.4, -0.2) is 14.8 Å². The quantitative estimate of drug-likeness (QED) is 0.888. The van der Waals surface area contributed by atoms with Gasteiger partial charge in [0.1, 0.15) is 4.47 Å². The number of hydrogen-bond donors (Lipinski definition) is 2. The molecule has 0 aliphatic rings. The van der Waals surface area contributed by atoms with Gasteiger partial charge in [-0.1, -0.05) is 11.3 Å². The molecule has 0 bridgehead atoms. The van der Waals surface area contributed by atoms with E-state index in [1.807, 2.05) is 13.8 Å². The number of nitrogens with one attached hydrogen (secondary N) is 2. The minimum absolute atomic E-state index is 0.00563. The van der Waals surface area contributed by atoms with E-state index >= 15 is 0 Å². The van der Waals surface area contributed by atoms with Crippen molar-refractivity contribution in [2.45, 2.75) is 26.4 Å². The number of nitrogens with zero attached hydrogens (tertiary/aromatic N) is 2. The largest absolute Gasteiger partial charge is 0.377 e. The zero-order chi connectivity index (χ0) is 14.0. The monoisotopic (exact) mass is 344 g/mol. The van der Waals surface area contributed by atoms with Gasteiger partial charge in [-0.15, -0.1) is 0 Å². The zero-order valence-corrected chi connectivity index (χ0v) is 12.8. The van der Waals surface area contributed by atoms with Crippen LogP contribution in [0.1, 0.15) is 25.6 Å². The minimum atomic E-state index is -0.182. The first-order valence-electron chi connectivity index (χ1n) is 5.67. The summed E-state index contributed by atoms with van der Waals surface area (Å²) < 4.78 is 1.84. The zero-order valence-electron chi connectivity index (χ0n) is 10.4. The van der Waals surface area contributed by atoms with Crippen LogP contribution in [0.3, 0.4) is 0 Å². The number of aromatic nitrogens is 3. The van der Waals surface area contributed by atoms with E-state index in [1.165, 1.54) is 4.68 Å². The Kier molecular flexibility index (Phi) is 4.20. The molecular formula is C11H13BrN4O2S. The van der Waals surface area contributed by atoms with E-state index in [0.29, 0.717) is 16.7 Å². The Hall–Kier alpha value is -1.41. The molecule has 0 spiro atoms. The highest BCUT2D eigenvalue weighted by atomic mass is 79.9. The average molecular weight is 345 g/mol. The number of aromatic amines is 1. The van der Waals surface area contributed by atoms with Gasteiger partial charge in [0.15, 0.2) is 0 Å². The molecule has 2 N–H and O–H groups in total. The van der Waals surface area contributed by atoms with Gasteiger partial charge in [0.2, 0.25) is 0 Å². The molecule has 2 aromatic rings. The van der Waals surface area contributed by atoms with Crippen molar-refractivity contribution in [3.8, 4) is 0 Å². The molecule has 0 saturated carbocycles. The van der Waals surface area contributed by atoms with Crippen LogP contribution >= 0.6 is 27.3 Å². The third-order valence-electron chi connectivity index (χ3n) is 2.47. The molecule has 102 valence electrons. The van der Waals surface area contributed by atoms with E-state index in [9.17, 15) is 9.59 Å². The van der Waals surface area contributed by atoms with Crippen molar-refractivity contribution < 1.29 is 0 Å². The molecule has 6 nitrogen and oxygen atoms in total. The molecule has 2 heterocycles. The third-order valence-corrected chi connectivity index (χ3v) is 3.96. The first kappa shape index (κ1) is 14.0. The fraction of sp³-hybridized carbons (Fsp3) is 0.364. The lowest BCUT2D eigenvalue weighted by Gasteiger charge is -2.11. The summed E-state index contributed by atoms with van der Waals surface area (Å²) in [5.41, 5.74) is 1.20. The molecule has 0 aliphatic carbocycles. The molecule has 0 aliphatic heterocycles. The lowest BCUT2D eigenvalue weighted by molar-refractivity contribution is 0.501. The summed E-state index contributed by atoms with van der Waals surface area (Å²) in [6.45, 7) is 4.22. The number of halogens is 1. The molecule has 0 radical (unpaired) electrons. The smallest absolute Gasteiger partial charge is 0.304 e. The second kappa shape index (κ2) is 5.70. The molecule has 0 aromatic carbocycles. The number of rotatable bonds is 4. The standard InChI is InChI=1S/C11H13BrN4O2S/c1-6(2)16-10(17)9(12)8(4-14-16)13-3-7-5-19-11(18)15-7/h4-6,13H,3H2,1-2H3,(H,15,18). The van der Waals surface area contributed by atoms with Crippen LogP contribution in [0.15, 0.2) is 25.6 Å². The van der Waals surface area contributed by atoms with E-state index in [4.69, 9.17) is 0 Å². The fourth-order valence-electron chi connectivity index (χ4n) is 1.53. The van der Waals surface area contributed by atoms with E-state index in [2.05, 4.69) is 31.3 Å². The van der Waals surface area contributed by atoms with Gasteiger partial charge in [-0.05, 0) is 29.8 Å². The number of anilines is 1. The Labute approximate surface area is 121 Å². The molecule has 2 rings (SSSR count). The molecule has 0 unspecified atom stereocenters. The second-order valence-electron chi connectivity index (χ2n) is 4.24. The predicted octanol–water partition coefficient (Wildman–Crippen LogP) is 1.95. The molecule has 2 aromatic heterocycles. The van der Waals surface area contributed by atoms with E-state index < -0.39 is 0 Å². The summed E-state index contributed by atoms with van der Waals surface area (Å²) in [6, 6.07) is 0.00563. The Bertz CT molecular complexity index is 688. The predicted molar refractivity (Wildman–Crippen MR) is 78.8 cm³/mol. The van der Waals surface area contributed by atoms with E-state index in [-0.39, 0.29) is 16.5 Å². The van der Waals surface area contributed by atoms with E-state index in [0.717, 1.165) is 17.0 Å². The number of thiazole rings is 1. The average Bonchev–Trinajstić information content (AvgIpc) is 2.76. The van der Waals surface area contributed by atoms with Crippen LogP contribution < -0.4 is 15.7 Å². The molecule has 0 saturated heterocycles. The first-order chi connectivity index (χ1) is 8.99. The summed E-state index contributed by atoms with van der Waals surface area (Å²) in [4.78, 5) is 25.6. The van der Waals surface area contributed by atoms with Crippen LogP contribution in [0, 0.1) is 0 Å². The van der Waals surface area contributed by atoms with Crippen molar-refractivity contribution in [1.29, 1.82) is 0 Å². The minimum Gasteiger partial charge on any atom is -0.377 e. The van der Waals surface area contributed by atoms with Crippen molar-refractivity contribution in [2.75, 3.05) is 5.32 Å². The second-order valence-corrected chi connectivity index (χ2v) is 5.88. The van der Waals surface area contributed by atoms with Crippen molar-refractivity contribution >= 4 is 33.0 Å². The van der Waals surface area contributed by atoms with Crippen LogP contribution in [0.5, 0.6) is 0 Å². The molecule has 0 fully saturated rings. The fourth-order valence-corrected chi connectivity index (χ4v) is 2.53. The summed E-state index contributed by atoms with van der Waals surface area (Å²) in [7, 11) is 0. The Morgan fingerprint density at radius 2 is 2.26 bits per heavy atom. The van der Waals surface area contributed by atoms with Crippen molar-refractivity contribution in [1.82, 2.24) is 14.8 Å². The Morgan fingerprint density at radius 3 is 2.84 bits per heavy atom. The normalized spacial score (nSPS) is 10.9. The number of H-pyrrole nitrogens is 1. The van der Waals surface area contributed by atoms with Crippen molar-refractivity contribution in [3.05, 3.63) is 41.8 Å². The maximum Gasteiger partial charge on any atom is 0.304 e. The maximum absolute atomic E-state index is 12.0. The van der Waals surface area contributed by atoms with Gasteiger partial charge in [0.25, 0.3) is 5.56 Å². The summed E-state index contributed by atoms with van der Waals surface area (Å²) >= 11 is 4.38. The van der Waals surface area contributed by atoms with Gasteiger partial charge in [-0.25, -0.2) is 4.68 Å². The number of hydrogen-bond acceptors (Lipinski definition) is 5. The molecule has 0 atom stereocenters. The Morgan fingerprint density at radius 1 is 1.53 bits per heavy atom. The summed E-state index contributed by atoms with van der Waals surface area (Å²) in [6.07, 6.45) is 1.59.